The summed E-state index contributed by atoms with van der Waals surface area (Å²) in [5.74, 6) is 0. The van der Waals surface area contributed by atoms with E-state index in [1.807, 2.05) is 11.3 Å². The standard InChI is InChI=1S/C57H38N2S/c1-57(2)49-23-10-6-17-40(49)41-29-27-36(32-50(41)57)46-33-38(34-48-44-20-9-13-26-54(44)60-56(46)48)58-51-24-11-8-19-43(51)47-31-35(28-30-53(47)58)39-21-14-22-45-42-18-7-12-25-52(42)59(55(39)45)37-15-4-3-5-16-37/h3-34H,1-2H3. The van der Waals surface area contributed by atoms with Crippen LogP contribution < -0.4 is 0 Å². The van der Waals surface area contributed by atoms with Gasteiger partial charge in [0.2, 0.25) is 0 Å². The molecule has 0 spiro atoms. The lowest BCUT2D eigenvalue weighted by Gasteiger charge is -2.22. The minimum Gasteiger partial charge on any atom is -0.309 e. The smallest absolute Gasteiger partial charge is 0.0619 e. The Labute approximate surface area is 351 Å². The van der Waals surface area contributed by atoms with Crippen LogP contribution in [0.1, 0.15) is 25.0 Å². The molecule has 0 radical (unpaired) electrons. The highest BCUT2D eigenvalue weighted by Crippen LogP contribution is 2.51. The first kappa shape index (κ1) is 33.7. The number of benzene rings is 9. The van der Waals surface area contributed by atoms with Crippen LogP contribution in [0.5, 0.6) is 0 Å². The van der Waals surface area contributed by atoms with Crippen LogP contribution in [-0.4, -0.2) is 9.13 Å². The summed E-state index contributed by atoms with van der Waals surface area (Å²) in [7, 11) is 0. The van der Waals surface area contributed by atoms with E-state index >= 15 is 0 Å². The van der Waals surface area contributed by atoms with E-state index < -0.39 is 0 Å². The van der Waals surface area contributed by atoms with Crippen molar-refractivity contribution in [3.63, 3.8) is 0 Å². The van der Waals surface area contributed by atoms with Crippen LogP contribution in [0.3, 0.4) is 0 Å². The van der Waals surface area contributed by atoms with Crippen molar-refractivity contribution in [1.82, 2.24) is 9.13 Å². The van der Waals surface area contributed by atoms with Crippen LogP contribution in [0.4, 0.5) is 0 Å². The van der Waals surface area contributed by atoms with Gasteiger partial charge in [0, 0.05) is 69.6 Å². The highest BCUT2D eigenvalue weighted by atomic mass is 32.1. The molecule has 60 heavy (non-hydrogen) atoms. The van der Waals surface area contributed by atoms with Crippen molar-refractivity contribution in [3.05, 3.63) is 205 Å². The normalized spacial score (nSPS) is 13.3. The Balaban J connectivity index is 1.06. The first-order valence-corrected chi connectivity index (χ1v) is 21.7. The van der Waals surface area contributed by atoms with Gasteiger partial charge in [-0.05, 0) is 94.0 Å². The number of hydrogen-bond donors (Lipinski definition) is 0. The van der Waals surface area contributed by atoms with Crippen molar-refractivity contribution in [1.29, 1.82) is 0 Å². The van der Waals surface area contributed by atoms with E-state index in [0.29, 0.717) is 0 Å². The highest BCUT2D eigenvalue weighted by Gasteiger charge is 2.35. The van der Waals surface area contributed by atoms with Gasteiger partial charge in [0.15, 0.2) is 0 Å². The van der Waals surface area contributed by atoms with Crippen LogP contribution in [0.2, 0.25) is 0 Å². The Morgan fingerprint density at radius 1 is 0.367 bits per heavy atom. The van der Waals surface area contributed by atoms with Crippen molar-refractivity contribution >= 4 is 75.1 Å². The minimum atomic E-state index is -0.0802. The molecule has 12 aromatic rings. The summed E-state index contributed by atoms with van der Waals surface area (Å²) in [6.45, 7) is 4.75. The van der Waals surface area contributed by atoms with E-state index in [4.69, 9.17) is 0 Å². The summed E-state index contributed by atoms with van der Waals surface area (Å²) in [4.78, 5) is 0. The number of aromatic nitrogens is 2. The van der Waals surface area contributed by atoms with Gasteiger partial charge in [-0.1, -0.05) is 147 Å². The molecule has 3 heterocycles. The van der Waals surface area contributed by atoms with Gasteiger partial charge in [0.05, 0.1) is 22.1 Å². The van der Waals surface area contributed by atoms with Crippen LogP contribution in [0.15, 0.2) is 194 Å². The van der Waals surface area contributed by atoms with Gasteiger partial charge >= 0.3 is 0 Å². The Morgan fingerprint density at radius 3 is 1.83 bits per heavy atom. The Hall–Kier alpha value is -7.20. The topological polar surface area (TPSA) is 9.86 Å². The summed E-state index contributed by atoms with van der Waals surface area (Å²) in [5.41, 5.74) is 17.6. The monoisotopic (exact) mass is 782 g/mol. The van der Waals surface area contributed by atoms with Gasteiger partial charge in [-0.15, -0.1) is 11.3 Å². The average molecular weight is 783 g/mol. The lowest BCUT2D eigenvalue weighted by molar-refractivity contribution is 0.660. The molecule has 282 valence electrons. The first-order valence-electron chi connectivity index (χ1n) is 20.8. The van der Waals surface area contributed by atoms with Gasteiger partial charge in [0.1, 0.15) is 0 Å². The maximum Gasteiger partial charge on any atom is 0.0619 e. The molecule has 3 aromatic heterocycles. The van der Waals surface area contributed by atoms with Crippen molar-refractivity contribution in [2.45, 2.75) is 19.3 Å². The van der Waals surface area contributed by atoms with Gasteiger partial charge in [0.25, 0.3) is 0 Å². The molecule has 0 fully saturated rings. The molecule has 0 aliphatic heterocycles. The fourth-order valence-corrected chi connectivity index (χ4v) is 11.8. The third-order valence-corrected chi connectivity index (χ3v) is 14.5. The number of para-hydroxylation sites is 4. The van der Waals surface area contributed by atoms with Crippen molar-refractivity contribution < 1.29 is 0 Å². The molecule has 1 aliphatic rings. The number of fused-ring (bicyclic) bond motifs is 12. The second-order valence-electron chi connectivity index (χ2n) is 16.9. The van der Waals surface area contributed by atoms with Gasteiger partial charge in [-0.3, -0.25) is 0 Å². The predicted octanol–water partition coefficient (Wildman–Crippen LogP) is 15.9. The molecule has 2 nitrogen and oxygen atoms in total. The zero-order valence-corrected chi connectivity index (χ0v) is 34.1. The molecule has 0 N–H and O–H groups in total. The van der Waals surface area contributed by atoms with E-state index in [1.165, 1.54) is 114 Å². The molecule has 0 unspecified atom stereocenters. The lowest BCUT2D eigenvalue weighted by atomic mass is 9.81. The largest absolute Gasteiger partial charge is 0.309 e. The molecule has 13 rings (SSSR count). The minimum absolute atomic E-state index is 0.0802. The third kappa shape index (κ3) is 4.64. The molecule has 9 aromatic carbocycles. The molecule has 3 heteroatoms. The SMILES string of the molecule is CC1(C)c2ccccc2-c2ccc(-c3cc(-n4c5ccccc5c5cc(-c6cccc7c8ccccc8n(-c8ccccc8)c67)ccc54)cc4c3sc3ccccc34)cc21. The van der Waals surface area contributed by atoms with Crippen molar-refractivity contribution in [2.75, 3.05) is 0 Å². The molecule has 0 bridgehead atoms. The maximum atomic E-state index is 2.50. The predicted molar refractivity (Wildman–Crippen MR) is 256 cm³/mol. The molecular weight excluding hydrogens is 745 g/mol. The first-order chi connectivity index (χ1) is 29.5. The molecular formula is C57H38N2S. The summed E-state index contributed by atoms with van der Waals surface area (Å²) in [5, 5.41) is 7.63. The Bertz CT molecular complexity index is 3740. The zero-order chi connectivity index (χ0) is 39.7. The molecule has 1 aliphatic carbocycles. The van der Waals surface area contributed by atoms with E-state index in [9.17, 15) is 0 Å². The van der Waals surface area contributed by atoms with Gasteiger partial charge in [-0.25, -0.2) is 0 Å². The fourth-order valence-electron chi connectivity index (χ4n) is 10.5. The lowest BCUT2D eigenvalue weighted by Crippen LogP contribution is -2.14. The van der Waals surface area contributed by atoms with Gasteiger partial charge < -0.3 is 9.13 Å². The summed E-state index contributed by atoms with van der Waals surface area (Å²) < 4.78 is 7.58. The summed E-state index contributed by atoms with van der Waals surface area (Å²) >= 11 is 1.91. The molecule has 0 amide bonds. The summed E-state index contributed by atoms with van der Waals surface area (Å²) in [6, 6.07) is 72.3. The van der Waals surface area contributed by atoms with Crippen LogP contribution in [-0.2, 0) is 5.41 Å². The highest BCUT2D eigenvalue weighted by molar-refractivity contribution is 7.26. The summed E-state index contributed by atoms with van der Waals surface area (Å²) in [6.07, 6.45) is 0. The zero-order valence-electron chi connectivity index (χ0n) is 33.3. The van der Waals surface area contributed by atoms with Gasteiger partial charge in [-0.2, -0.15) is 0 Å². The second kappa shape index (κ2) is 12.4. The Morgan fingerprint density at radius 2 is 0.983 bits per heavy atom. The van der Waals surface area contributed by atoms with Crippen LogP contribution >= 0.6 is 11.3 Å². The quantitative estimate of drug-likeness (QED) is 0.168. The maximum absolute atomic E-state index is 2.50. The number of nitrogens with zero attached hydrogens (tertiary/aromatic N) is 2. The average Bonchev–Trinajstić information content (AvgIpc) is 4.01. The van der Waals surface area contributed by atoms with E-state index in [2.05, 4.69) is 217 Å². The second-order valence-corrected chi connectivity index (χ2v) is 17.9. The molecule has 0 atom stereocenters. The van der Waals surface area contributed by atoms with E-state index in [-0.39, 0.29) is 5.41 Å². The van der Waals surface area contributed by atoms with Crippen LogP contribution in [0.25, 0.3) is 109 Å². The molecule has 0 saturated heterocycles. The Kier molecular flexibility index (Phi) is 6.98. The molecule has 0 saturated carbocycles. The number of hydrogen-bond acceptors (Lipinski definition) is 1. The number of thiophene rings is 1. The number of rotatable bonds is 4. The van der Waals surface area contributed by atoms with Crippen LogP contribution in [0, 0.1) is 0 Å². The van der Waals surface area contributed by atoms with Crippen molar-refractivity contribution in [3.8, 4) is 44.8 Å². The van der Waals surface area contributed by atoms with E-state index in [1.54, 1.807) is 0 Å². The van der Waals surface area contributed by atoms with E-state index in [0.717, 1.165) is 5.69 Å². The van der Waals surface area contributed by atoms with Crippen molar-refractivity contribution in [2.24, 2.45) is 0 Å². The fraction of sp³-hybridized carbons (Fsp3) is 0.0526. The third-order valence-electron chi connectivity index (χ3n) is 13.3.